The van der Waals surface area contributed by atoms with Gasteiger partial charge in [-0.25, -0.2) is 27.4 Å². The number of likely N-dealkylation sites (tertiary alicyclic amines) is 1. The van der Waals surface area contributed by atoms with Gasteiger partial charge in [-0.2, -0.15) is 8.78 Å². The summed E-state index contributed by atoms with van der Waals surface area (Å²) < 4.78 is 57.8. The Hall–Kier alpha value is -3.31. The number of hydrogen-bond acceptors (Lipinski definition) is 11. The summed E-state index contributed by atoms with van der Waals surface area (Å²) in [6, 6.07) is -0.540. The van der Waals surface area contributed by atoms with E-state index >= 15 is 0 Å². The van der Waals surface area contributed by atoms with Crippen LogP contribution in [0.1, 0.15) is 62.6 Å². The van der Waals surface area contributed by atoms with Gasteiger partial charge in [0.15, 0.2) is 5.75 Å². The van der Waals surface area contributed by atoms with Crippen molar-refractivity contribution < 1.29 is 31.5 Å². The van der Waals surface area contributed by atoms with E-state index in [-0.39, 0.29) is 47.6 Å². The van der Waals surface area contributed by atoms with Crippen LogP contribution < -0.4 is 15.4 Å². The summed E-state index contributed by atoms with van der Waals surface area (Å²) in [4.78, 5) is 33.7. The van der Waals surface area contributed by atoms with Gasteiger partial charge in [0.2, 0.25) is 21.9 Å². The number of piperidine rings is 3. The maximum atomic E-state index is 13.0. The number of hydrogen-bond donors (Lipinski definition) is 2. The van der Waals surface area contributed by atoms with Crippen molar-refractivity contribution in [1.82, 2.24) is 39.5 Å². The summed E-state index contributed by atoms with van der Waals surface area (Å²) in [6.07, 6.45) is 8.27. The number of sulfonamides is 1. The van der Waals surface area contributed by atoms with Gasteiger partial charge < -0.3 is 15.0 Å². The largest absolute Gasteiger partial charge is 0.432 e. The van der Waals surface area contributed by atoms with Crippen LogP contribution in [0.4, 0.5) is 14.7 Å². The molecule has 1 unspecified atom stereocenters. The number of carbonyl (C=O) groups excluding carboxylic acids is 2. The molecule has 3 fully saturated rings. The summed E-state index contributed by atoms with van der Waals surface area (Å²) in [7, 11) is -3.38. The smallest absolute Gasteiger partial charge is 0.387 e. The van der Waals surface area contributed by atoms with Gasteiger partial charge in [0.1, 0.15) is 6.04 Å². The van der Waals surface area contributed by atoms with Crippen molar-refractivity contribution in [2.75, 3.05) is 43.8 Å². The number of aromatic nitrogens is 5. The van der Waals surface area contributed by atoms with Gasteiger partial charge in [-0.1, -0.05) is 5.21 Å². The van der Waals surface area contributed by atoms with E-state index in [0.29, 0.717) is 45.3 Å². The molecule has 5 heterocycles. The van der Waals surface area contributed by atoms with Crippen molar-refractivity contribution in [2.24, 2.45) is 0 Å². The number of rotatable bonds is 11. The third kappa shape index (κ3) is 7.74. The van der Waals surface area contributed by atoms with Gasteiger partial charge in [-0.15, -0.1) is 5.10 Å². The molecule has 3 aliphatic rings. The van der Waals surface area contributed by atoms with Crippen LogP contribution in [0.15, 0.2) is 18.6 Å². The van der Waals surface area contributed by atoms with Gasteiger partial charge in [0.25, 0.3) is 5.91 Å². The average Bonchev–Trinajstić information content (AvgIpc) is 3.44. The number of nitrogens with zero attached hydrogens (tertiary/aromatic N) is 7. The Bertz CT molecular complexity index is 1330. The summed E-state index contributed by atoms with van der Waals surface area (Å²) >= 11 is 0. The SMILES string of the molecule is O=C1CCC(n2cc(C3CCN(CCCS(=O)(=O)N4CCC(Nc5ncc(OC(F)F)cn5)CC4)CC3)nn2)C(=O)N1. The van der Waals surface area contributed by atoms with Crippen molar-refractivity contribution in [1.29, 1.82) is 0 Å². The molecule has 1 atom stereocenters. The Labute approximate surface area is 242 Å². The van der Waals surface area contributed by atoms with Crippen LogP contribution in [-0.2, 0) is 19.6 Å². The normalized spacial score (nSPS) is 21.9. The summed E-state index contributed by atoms with van der Waals surface area (Å²) in [5, 5.41) is 13.9. The van der Waals surface area contributed by atoms with Crippen molar-refractivity contribution in [2.45, 2.75) is 69.6 Å². The van der Waals surface area contributed by atoms with E-state index in [1.54, 1.807) is 10.9 Å². The predicted octanol–water partition coefficient (Wildman–Crippen LogP) is 1.12. The van der Waals surface area contributed by atoms with E-state index in [4.69, 9.17) is 0 Å². The lowest BCUT2D eigenvalue weighted by atomic mass is 9.94. The number of ether oxygens (including phenoxy) is 1. The molecular formula is C25H35F2N9O5S. The van der Waals surface area contributed by atoms with Crippen LogP contribution in [0.2, 0.25) is 0 Å². The molecule has 14 nitrogen and oxygen atoms in total. The molecule has 0 aliphatic carbocycles. The van der Waals surface area contributed by atoms with Crippen molar-refractivity contribution in [3.05, 3.63) is 24.3 Å². The quantitative estimate of drug-likeness (QED) is 0.350. The first kappa shape index (κ1) is 30.2. The molecular weight excluding hydrogens is 576 g/mol. The zero-order valence-electron chi connectivity index (χ0n) is 23.1. The predicted molar refractivity (Wildman–Crippen MR) is 145 cm³/mol. The molecule has 17 heteroatoms. The highest BCUT2D eigenvalue weighted by atomic mass is 32.2. The fraction of sp³-hybridized carbons (Fsp3) is 0.680. The third-order valence-corrected chi connectivity index (χ3v) is 9.93. The van der Waals surface area contributed by atoms with Crippen molar-refractivity contribution >= 4 is 27.8 Å². The van der Waals surface area contributed by atoms with E-state index in [0.717, 1.165) is 31.6 Å². The minimum absolute atomic E-state index is 0.0229. The van der Waals surface area contributed by atoms with Crippen molar-refractivity contribution in [3.63, 3.8) is 0 Å². The zero-order chi connectivity index (χ0) is 29.7. The molecule has 0 saturated carbocycles. The van der Waals surface area contributed by atoms with Gasteiger partial charge in [0.05, 0.1) is 23.8 Å². The monoisotopic (exact) mass is 611 g/mol. The van der Waals surface area contributed by atoms with Crippen molar-refractivity contribution in [3.8, 4) is 5.75 Å². The second-order valence-electron chi connectivity index (χ2n) is 10.8. The molecule has 3 saturated heterocycles. The van der Waals surface area contributed by atoms with E-state index < -0.39 is 22.7 Å². The van der Waals surface area contributed by atoms with Gasteiger partial charge in [0, 0.05) is 37.7 Å². The molecule has 5 rings (SSSR count). The van der Waals surface area contributed by atoms with Crippen LogP contribution >= 0.6 is 0 Å². The summed E-state index contributed by atoms with van der Waals surface area (Å²) in [5.41, 5.74) is 0.837. The number of carbonyl (C=O) groups is 2. The lowest BCUT2D eigenvalue weighted by molar-refractivity contribution is -0.136. The minimum atomic E-state index is -3.38. The van der Waals surface area contributed by atoms with Crippen LogP contribution in [0, 0.1) is 0 Å². The van der Waals surface area contributed by atoms with E-state index in [1.165, 1.54) is 16.7 Å². The molecule has 0 bridgehead atoms. The van der Waals surface area contributed by atoms with Gasteiger partial charge in [-0.05, 0) is 58.2 Å². The lowest BCUT2D eigenvalue weighted by Crippen LogP contribution is -2.44. The van der Waals surface area contributed by atoms with Gasteiger partial charge >= 0.3 is 6.61 Å². The second kappa shape index (κ2) is 13.3. The molecule has 3 aliphatic heterocycles. The Morgan fingerprint density at radius 2 is 1.76 bits per heavy atom. The molecule has 2 aromatic heterocycles. The molecule has 0 radical (unpaired) electrons. The van der Waals surface area contributed by atoms with Gasteiger partial charge in [-0.3, -0.25) is 14.9 Å². The maximum absolute atomic E-state index is 13.0. The van der Waals surface area contributed by atoms with E-state index in [2.05, 4.69) is 40.6 Å². The first-order valence-corrected chi connectivity index (χ1v) is 15.8. The first-order valence-electron chi connectivity index (χ1n) is 14.2. The highest BCUT2D eigenvalue weighted by Crippen LogP contribution is 2.28. The third-order valence-electron chi connectivity index (χ3n) is 7.97. The highest BCUT2D eigenvalue weighted by molar-refractivity contribution is 7.89. The molecule has 42 heavy (non-hydrogen) atoms. The van der Waals surface area contributed by atoms with Crippen LogP contribution in [0.25, 0.3) is 0 Å². The fourth-order valence-electron chi connectivity index (χ4n) is 5.63. The molecule has 0 spiro atoms. The molecule has 2 aromatic rings. The Kier molecular flexibility index (Phi) is 9.57. The number of anilines is 1. The minimum Gasteiger partial charge on any atom is -0.432 e. The fourth-order valence-corrected chi connectivity index (χ4v) is 7.15. The van der Waals surface area contributed by atoms with Crippen LogP contribution in [0.5, 0.6) is 5.75 Å². The standard InChI is InChI=1S/C25H35F2N9O5S/c26-24(27)41-19-14-28-25(29-15-19)30-18-6-11-35(12-7-18)42(39,40)13-1-8-34-9-4-17(5-10-34)20-16-36(33-32-20)21-2-3-22(37)31-23(21)38/h14-18,21,24H,1-13H2,(H,28,29,30)(H,31,37,38). The van der Waals surface area contributed by atoms with Crippen LogP contribution in [0.3, 0.4) is 0 Å². The number of amides is 2. The van der Waals surface area contributed by atoms with E-state index in [1.807, 2.05) is 0 Å². The lowest BCUT2D eigenvalue weighted by Gasteiger charge is -2.33. The zero-order valence-corrected chi connectivity index (χ0v) is 23.9. The molecule has 230 valence electrons. The highest BCUT2D eigenvalue weighted by Gasteiger charge is 2.31. The maximum Gasteiger partial charge on any atom is 0.387 e. The Balaban J connectivity index is 0.998. The average molecular weight is 612 g/mol. The first-order chi connectivity index (χ1) is 20.2. The molecule has 2 N–H and O–H groups in total. The second-order valence-corrected chi connectivity index (χ2v) is 12.9. The Morgan fingerprint density at radius 3 is 2.43 bits per heavy atom. The van der Waals surface area contributed by atoms with E-state index in [9.17, 15) is 26.8 Å². The topological polar surface area (TPSA) is 165 Å². The number of alkyl halides is 2. The summed E-state index contributed by atoms with van der Waals surface area (Å²) in [6.45, 7) is 0.166. The number of nitrogens with one attached hydrogen (secondary N) is 2. The molecule has 0 aromatic carbocycles. The molecule has 2 amide bonds. The number of halogens is 2. The Morgan fingerprint density at radius 1 is 1.05 bits per heavy atom. The summed E-state index contributed by atoms with van der Waals surface area (Å²) in [5.74, 6) is -0.165. The van der Waals surface area contributed by atoms with Crippen LogP contribution in [-0.4, -0.2) is 106 Å². The number of imide groups is 1.